The van der Waals surface area contributed by atoms with Gasteiger partial charge in [0, 0.05) is 19.1 Å². The first-order valence-electron chi connectivity index (χ1n) is 11.0. The quantitative estimate of drug-likeness (QED) is 0.696. The van der Waals surface area contributed by atoms with E-state index in [0.29, 0.717) is 12.6 Å². The summed E-state index contributed by atoms with van der Waals surface area (Å²) in [6.45, 7) is 6.56. The fourth-order valence-electron chi connectivity index (χ4n) is 4.80. The lowest BCUT2D eigenvalue weighted by atomic mass is 9.92. The zero-order valence-corrected chi connectivity index (χ0v) is 17.8. The van der Waals surface area contributed by atoms with Crippen molar-refractivity contribution in [3.8, 4) is 0 Å². The first-order chi connectivity index (χ1) is 14.6. The van der Waals surface area contributed by atoms with Gasteiger partial charge in [0.1, 0.15) is 18.3 Å². The molecule has 0 spiro atoms. The third kappa shape index (κ3) is 4.18. The van der Waals surface area contributed by atoms with E-state index in [1.165, 1.54) is 5.56 Å². The van der Waals surface area contributed by atoms with E-state index < -0.39 is 5.79 Å². The summed E-state index contributed by atoms with van der Waals surface area (Å²) in [4.78, 5) is 2.52. The molecular weight excluding hydrogens is 378 g/mol. The van der Waals surface area contributed by atoms with Gasteiger partial charge in [-0.3, -0.25) is 4.90 Å². The molecule has 0 aliphatic carbocycles. The Morgan fingerprint density at radius 1 is 0.933 bits per heavy atom. The third-order valence-corrected chi connectivity index (χ3v) is 6.40. The minimum absolute atomic E-state index is 0.0377. The number of fused-ring (bicyclic) bond motifs is 1. The van der Waals surface area contributed by atoms with E-state index in [1.54, 1.807) is 0 Å². The van der Waals surface area contributed by atoms with Gasteiger partial charge in [0.2, 0.25) is 0 Å². The van der Waals surface area contributed by atoms with E-state index in [2.05, 4.69) is 47.4 Å². The summed E-state index contributed by atoms with van der Waals surface area (Å²) in [5.74, 6) is -0.638. The number of rotatable bonds is 7. The topological polar surface area (TPSA) is 40.2 Å². The van der Waals surface area contributed by atoms with Crippen molar-refractivity contribution in [3.63, 3.8) is 0 Å². The molecule has 3 heterocycles. The van der Waals surface area contributed by atoms with Crippen molar-refractivity contribution in [2.45, 2.75) is 69.7 Å². The second kappa shape index (κ2) is 8.40. The fourth-order valence-corrected chi connectivity index (χ4v) is 4.80. The van der Waals surface area contributed by atoms with Crippen molar-refractivity contribution >= 4 is 0 Å². The maximum Gasteiger partial charge on any atom is 0.190 e. The number of nitrogens with zero attached hydrogens (tertiary/aromatic N) is 1. The van der Waals surface area contributed by atoms with Gasteiger partial charge in [-0.1, -0.05) is 60.7 Å². The molecule has 0 radical (unpaired) electrons. The summed E-state index contributed by atoms with van der Waals surface area (Å²) in [6.07, 6.45) is 1.44. The lowest BCUT2D eigenvalue weighted by Crippen LogP contribution is -2.58. The summed E-state index contributed by atoms with van der Waals surface area (Å²) >= 11 is 0. The maximum absolute atomic E-state index is 6.42. The molecule has 160 valence electrons. The van der Waals surface area contributed by atoms with Gasteiger partial charge in [-0.15, -0.1) is 0 Å². The van der Waals surface area contributed by atoms with Gasteiger partial charge < -0.3 is 18.9 Å². The molecule has 0 N–H and O–H groups in total. The Hall–Kier alpha value is -1.76. The molecule has 5 atom stereocenters. The molecule has 3 aliphatic rings. The molecule has 0 amide bonds. The Morgan fingerprint density at radius 3 is 2.30 bits per heavy atom. The Kier molecular flexibility index (Phi) is 5.65. The Bertz CT molecular complexity index is 828. The first-order valence-corrected chi connectivity index (χ1v) is 11.0. The van der Waals surface area contributed by atoms with E-state index in [4.69, 9.17) is 18.9 Å². The predicted octanol–water partition coefficient (Wildman–Crippen LogP) is 3.77. The van der Waals surface area contributed by atoms with Crippen LogP contribution in [0.1, 0.15) is 31.4 Å². The second-order valence-corrected chi connectivity index (χ2v) is 8.96. The molecular formula is C25H31NO4. The van der Waals surface area contributed by atoms with Crippen LogP contribution in [0.15, 0.2) is 60.7 Å². The number of hydrogen-bond donors (Lipinski definition) is 0. The highest BCUT2D eigenvalue weighted by atomic mass is 16.8. The van der Waals surface area contributed by atoms with Gasteiger partial charge in [-0.25, -0.2) is 0 Å². The molecule has 2 aromatic rings. The molecule has 5 rings (SSSR count). The molecule has 0 aromatic heterocycles. The minimum Gasteiger partial charge on any atom is -0.368 e. The SMILES string of the molecule is CC1(C)O[C@H]2O[C@H]([C@H]3CCN3CCc3ccccc3)[C@H](OCc3ccccc3)[C@H]2O1. The highest BCUT2D eigenvalue weighted by Gasteiger charge is 2.58. The molecule has 0 bridgehead atoms. The lowest BCUT2D eigenvalue weighted by Gasteiger charge is -2.45. The molecule has 3 saturated heterocycles. The van der Waals surface area contributed by atoms with Crippen LogP contribution >= 0.6 is 0 Å². The zero-order chi connectivity index (χ0) is 20.6. The van der Waals surface area contributed by atoms with Crippen LogP contribution in [0.5, 0.6) is 0 Å². The van der Waals surface area contributed by atoms with Gasteiger partial charge in [-0.05, 0) is 37.8 Å². The minimum atomic E-state index is -0.638. The van der Waals surface area contributed by atoms with Crippen molar-refractivity contribution < 1.29 is 18.9 Å². The van der Waals surface area contributed by atoms with Crippen molar-refractivity contribution in [3.05, 3.63) is 71.8 Å². The zero-order valence-electron chi connectivity index (χ0n) is 17.8. The predicted molar refractivity (Wildman–Crippen MR) is 114 cm³/mol. The van der Waals surface area contributed by atoms with Crippen LogP contribution in [0.4, 0.5) is 0 Å². The summed E-state index contributed by atoms with van der Waals surface area (Å²) in [6, 6.07) is 21.3. The first kappa shape index (κ1) is 20.2. The smallest absolute Gasteiger partial charge is 0.190 e. The van der Waals surface area contributed by atoms with Crippen LogP contribution in [0.2, 0.25) is 0 Å². The Balaban J connectivity index is 1.26. The lowest BCUT2D eigenvalue weighted by molar-refractivity contribution is -0.231. The summed E-state index contributed by atoms with van der Waals surface area (Å²) in [7, 11) is 0. The van der Waals surface area contributed by atoms with Crippen LogP contribution in [-0.4, -0.2) is 54.4 Å². The molecule has 30 heavy (non-hydrogen) atoms. The van der Waals surface area contributed by atoms with Gasteiger partial charge in [0.25, 0.3) is 0 Å². The van der Waals surface area contributed by atoms with Gasteiger partial charge in [0.15, 0.2) is 12.1 Å². The highest BCUT2D eigenvalue weighted by molar-refractivity contribution is 5.16. The van der Waals surface area contributed by atoms with Gasteiger partial charge >= 0.3 is 0 Å². The highest BCUT2D eigenvalue weighted by Crippen LogP contribution is 2.42. The summed E-state index contributed by atoms with van der Waals surface area (Å²) in [5, 5.41) is 0. The number of benzene rings is 2. The van der Waals surface area contributed by atoms with E-state index in [1.807, 2.05) is 32.0 Å². The molecule has 0 saturated carbocycles. The fraction of sp³-hybridized carbons (Fsp3) is 0.520. The van der Waals surface area contributed by atoms with Crippen molar-refractivity contribution in [2.75, 3.05) is 13.1 Å². The molecule has 2 aromatic carbocycles. The molecule has 0 unspecified atom stereocenters. The molecule has 3 fully saturated rings. The normalized spacial score (nSPS) is 32.7. The van der Waals surface area contributed by atoms with Crippen LogP contribution in [0.3, 0.4) is 0 Å². The Labute approximate surface area is 178 Å². The Morgan fingerprint density at radius 2 is 1.63 bits per heavy atom. The van der Waals surface area contributed by atoms with Crippen LogP contribution in [0, 0.1) is 0 Å². The monoisotopic (exact) mass is 409 g/mol. The number of likely N-dealkylation sites (tertiary alicyclic amines) is 1. The van der Waals surface area contributed by atoms with Crippen LogP contribution in [-0.2, 0) is 32.0 Å². The van der Waals surface area contributed by atoms with Crippen LogP contribution in [0.25, 0.3) is 0 Å². The average Bonchev–Trinajstić information content (AvgIpc) is 3.18. The van der Waals surface area contributed by atoms with Crippen molar-refractivity contribution in [1.29, 1.82) is 0 Å². The molecule has 3 aliphatic heterocycles. The molecule has 5 heteroatoms. The van der Waals surface area contributed by atoms with Gasteiger partial charge in [-0.2, -0.15) is 0 Å². The number of hydrogen-bond acceptors (Lipinski definition) is 5. The maximum atomic E-state index is 6.42. The van der Waals surface area contributed by atoms with E-state index >= 15 is 0 Å². The van der Waals surface area contributed by atoms with Gasteiger partial charge in [0.05, 0.1) is 6.61 Å². The van der Waals surface area contributed by atoms with E-state index in [9.17, 15) is 0 Å². The van der Waals surface area contributed by atoms with E-state index in [0.717, 1.165) is 31.5 Å². The summed E-state index contributed by atoms with van der Waals surface area (Å²) in [5.41, 5.74) is 2.53. The largest absolute Gasteiger partial charge is 0.368 e. The van der Waals surface area contributed by atoms with E-state index in [-0.39, 0.29) is 24.6 Å². The van der Waals surface area contributed by atoms with Crippen LogP contribution < -0.4 is 0 Å². The standard InChI is InChI=1S/C25H31NO4/c1-25(2)29-23-22(27-17-19-11-7-4-8-12-19)21(28-24(23)30-25)20-14-16-26(20)15-13-18-9-5-3-6-10-18/h3-12,20-24H,13-17H2,1-2H3/t20-,21-,22+,23-,24-/m1/s1. The van der Waals surface area contributed by atoms with Crippen molar-refractivity contribution in [1.82, 2.24) is 4.90 Å². The average molecular weight is 410 g/mol. The van der Waals surface area contributed by atoms with Crippen molar-refractivity contribution in [2.24, 2.45) is 0 Å². The summed E-state index contributed by atoms with van der Waals surface area (Å²) < 4.78 is 25.0. The molecule has 5 nitrogen and oxygen atoms in total. The number of ether oxygens (including phenoxy) is 4. The second-order valence-electron chi connectivity index (χ2n) is 8.96. The third-order valence-electron chi connectivity index (χ3n) is 6.40.